The van der Waals surface area contributed by atoms with Gasteiger partial charge in [-0.1, -0.05) is 13.3 Å². The first-order chi connectivity index (χ1) is 8.63. The lowest BCUT2D eigenvalue weighted by Gasteiger charge is -2.08. The fraction of sp³-hybridized carbons (Fsp3) is 0.333. The Morgan fingerprint density at radius 3 is 3.06 bits per heavy atom. The number of benzene rings is 1. The summed E-state index contributed by atoms with van der Waals surface area (Å²) in [5.74, 6) is -0.0000192. The number of hydrogen-bond donors (Lipinski definition) is 2. The second-order valence-electron chi connectivity index (χ2n) is 3.62. The molecule has 0 radical (unpaired) electrons. The molecule has 98 valence electrons. The normalized spacial score (nSPS) is 10.6. The number of unbranched alkanes of at least 4 members (excludes halogenated alkanes) is 1. The van der Waals surface area contributed by atoms with Crippen molar-refractivity contribution in [2.24, 2.45) is 10.8 Å². The van der Waals surface area contributed by atoms with Gasteiger partial charge >= 0.3 is 6.03 Å². The van der Waals surface area contributed by atoms with Gasteiger partial charge in [0.2, 0.25) is 0 Å². The third-order valence-corrected chi connectivity index (χ3v) is 2.11. The summed E-state index contributed by atoms with van der Waals surface area (Å²) in [6, 6.07) is 3.32. The molecule has 0 aliphatic rings. The predicted octanol–water partition coefficient (Wildman–Crippen LogP) is 2.01. The van der Waals surface area contributed by atoms with Gasteiger partial charge < -0.3 is 10.5 Å². The number of nitrogens with one attached hydrogen (secondary N) is 1. The number of urea groups is 1. The number of hydrogen-bond acceptors (Lipinski definition) is 3. The topological polar surface area (TPSA) is 76.7 Å². The van der Waals surface area contributed by atoms with E-state index in [4.69, 9.17) is 10.5 Å². The molecule has 0 fully saturated rings. The third-order valence-electron chi connectivity index (χ3n) is 2.11. The molecule has 5 nitrogen and oxygen atoms in total. The Morgan fingerprint density at radius 2 is 2.39 bits per heavy atom. The number of nitrogens with two attached hydrogens (primary N) is 1. The van der Waals surface area contributed by atoms with E-state index in [1.807, 2.05) is 6.92 Å². The Morgan fingerprint density at radius 1 is 1.61 bits per heavy atom. The molecule has 0 saturated heterocycles. The smallest absolute Gasteiger partial charge is 0.332 e. The van der Waals surface area contributed by atoms with Gasteiger partial charge in [0, 0.05) is 11.6 Å². The minimum absolute atomic E-state index is 0.387. The van der Waals surface area contributed by atoms with Crippen LogP contribution in [-0.2, 0) is 0 Å². The van der Waals surface area contributed by atoms with Crippen LogP contribution in [-0.4, -0.2) is 18.9 Å². The van der Waals surface area contributed by atoms with Gasteiger partial charge in [0.25, 0.3) is 0 Å². The zero-order valence-corrected chi connectivity index (χ0v) is 10.1. The number of rotatable bonds is 6. The standard InChI is InChI=1S/C12H16FN3O2/c1-2-3-6-18-11-7-10(13)5-4-9(11)8-15-16-12(14)17/h4-5,7-8H,2-3,6H2,1H3,(H3,14,16,17). The average molecular weight is 253 g/mol. The lowest BCUT2D eigenvalue weighted by atomic mass is 10.2. The van der Waals surface area contributed by atoms with Gasteiger partial charge in [-0.25, -0.2) is 14.6 Å². The van der Waals surface area contributed by atoms with E-state index in [-0.39, 0.29) is 5.82 Å². The summed E-state index contributed by atoms with van der Waals surface area (Å²) in [4.78, 5) is 10.4. The summed E-state index contributed by atoms with van der Waals surface area (Å²) >= 11 is 0. The van der Waals surface area contributed by atoms with Crippen molar-refractivity contribution >= 4 is 12.2 Å². The Hall–Kier alpha value is -2.11. The van der Waals surface area contributed by atoms with E-state index in [0.29, 0.717) is 17.9 Å². The first-order valence-corrected chi connectivity index (χ1v) is 5.64. The van der Waals surface area contributed by atoms with Gasteiger partial charge in [0.05, 0.1) is 12.8 Å². The molecule has 0 spiro atoms. The molecular weight excluding hydrogens is 237 g/mol. The minimum Gasteiger partial charge on any atom is -0.493 e. The van der Waals surface area contributed by atoms with Crippen LogP contribution >= 0.6 is 0 Å². The first-order valence-electron chi connectivity index (χ1n) is 5.64. The fourth-order valence-corrected chi connectivity index (χ4v) is 1.23. The van der Waals surface area contributed by atoms with Gasteiger partial charge in [-0.2, -0.15) is 5.10 Å². The number of primary amides is 1. The Labute approximate surface area is 105 Å². The highest BCUT2D eigenvalue weighted by Gasteiger charge is 2.03. The highest BCUT2D eigenvalue weighted by atomic mass is 19.1. The van der Waals surface area contributed by atoms with E-state index >= 15 is 0 Å². The fourth-order valence-electron chi connectivity index (χ4n) is 1.23. The molecule has 0 atom stereocenters. The lowest BCUT2D eigenvalue weighted by molar-refractivity contribution is 0.249. The molecule has 0 saturated carbocycles. The van der Waals surface area contributed by atoms with E-state index in [0.717, 1.165) is 12.8 Å². The van der Waals surface area contributed by atoms with Gasteiger partial charge in [0.15, 0.2) is 0 Å². The van der Waals surface area contributed by atoms with Crippen molar-refractivity contribution in [2.75, 3.05) is 6.61 Å². The van der Waals surface area contributed by atoms with Crippen LogP contribution in [0.4, 0.5) is 9.18 Å². The molecule has 1 aromatic rings. The van der Waals surface area contributed by atoms with Crippen LogP contribution in [0.5, 0.6) is 5.75 Å². The van der Waals surface area contributed by atoms with Crippen LogP contribution in [0, 0.1) is 5.82 Å². The monoisotopic (exact) mass is 253 g/mol. The quantitative estimate of drug-likeness (QED) is 0.462. The van der Waals surface area contributed by atoms with Crippen molar-refractivity contribution in [1.82, 2.24) is 5.43 Å². The van der Waals surface area contributed by atoms with Crippen molar-refractivity contribution in [3.05, 3.63) is 29.6 Å². The Bertz CT molecular complexity index is 435. The minimum atomic E-state index is -0.762. The molecule has 0 aliphatic carbocycles. The number of hydrazone groups is 1. The van der Waals surface area contributed by atoms with E-state index in [2.05, 4.69) is 10.5 Å². The number of carbonyl (C=O) groups is 1. The van der Waals surface area contributed by atoms with Crippen LogP contribution < -0.4 is 15.9 Å². The number of carbonyl (C=O) groups excluding carboxylic acids is 1. The maximum atomic E-state index is 13.1. The summed E-state index contributed by atoms with van der Waals surface area (Å²) < 4.78 is 18.5. The van der Waals surface area contributed by atoms with E-state index < -0.39 is 6.03 Å². The largest absolute Gasteiger partial charge is 0.493 e. The SMILES string of the molecule is CCCCOc1cc(F)ccc1C=NNC(N)=O. The van der Waals surface area contributed by atoms with Crippen LogP contribution in [0.3, 0.4) is 0 Å². The van der Waals surface area contributed by atoms with E-state index in [1.165, 1.54) is 24.4 Å². The molecule has 1 rings (SSSR count). The van der Waals surface area contributed by atoms with Gasteiger partial charge in [-0.05, 0) is 18.6 Å². The second-order valence-corrected chi connectivity index (χ2v) is 3.62. The molecule has 0 unspecified atom stereocenters. The molecule has 0 aromatic heterocycles. The average Bonchev–Trinajstić information content (AvgIpc) is 2.32. The van der Waals surface area contributed by atoms with E-state index in [1.54, 1.807) is 0 Å². The second kappa shape index (κ2) is 7.26. The molecule has 18 heavy (non-hydrogen) atoms. The van der Waals surface area contributed by atoms with Crippen molar-refractivity contribution < 1.29 is 13.9 Å². The van der Waals surface area contributed by atoms with Crippen molar-refractivity contribution in [1.29, 1.82) is 0 Å². The molecule has 1 aromatic carbocycles. The summed E-state index contributed by atoms with van der Waals surface area (Å²) in [6.45, 7) is 2.54. The van der Waals surface area contributed by atoms with Crippen LogP contribution in [0.1, 0.15) is 25.3 Å². The van der Waals surface area contributed by atoms with Gasteiger partial charge in [0.1, 0.15) is 11.6 Å². The van der Waals surface area contributed by atoms with Crippen LogP contribution in [0.15, 0.2) is 23.3 Å². The molecule has 0 bridgehead atoms. The Balaban J connectivity index is 2.75. The molecular formula is C12H16FN3O2. The van der Waals surface area contributed by atoms with Gasteiger partial charge in [-0.15, -0.1) is 0 Å². The Kier molecular flexibility index (Phi) is 5.63. The van der Waals surface area contributed by atoms with Crippen molar-refractivity contribution in [2.45, 2.75) is 19.8 Å². The molecule has 0 heterocycles. The third kappa shape index (κ3) is 4.82. The number of ether oxygens (including phenoxy) is 1. The number of nitrogens with zero attached hydrogens (tertiary/aromatic N) is 1. The summed E-state index contributed by atoms with van der Waals surface area (Å²) in [6.07, 6.45) is 3.22. The molecule has 6 heteroatoms. The number of amides is 2. The highest BCUT2D eigenvalue weighted by molar-refractivity contribution is 5.84. The van der Waals surface area contributed by atoms with Crippen LogP contribution in [0.2, 0.25) is 0 Å². The number of halogens is 1. The highest BCUT2D eigenvalue weighted by Crippen LogP contribution is 2.18. The van der Waals surface area contributed by atoms with Crippen LogP contribution in [0.25, 0.3) is 0 Å². The van der Waals surface area contributed by atoms with E-state index in [9.17, 15) is 9.18 Å². The van der Waals surface area contributed by atoms with Crippen molar-refractivity contribution in [3.8, 4) is 5.75 Å². The maximum Gasteiger partial charge on any atom is 0.332 e. The first kappa shape index (κ1) is 14.0. The van der Waals surface area contributed by atoms with Crippen molar-refractivity contribution in [3.63, 3.8) is 0 Å². The maximum absolute atomic E-state index is 13.1. The zero-order valence-electron chi connectivity index (χ0n) is 10.1. The van der Waals surface area contributed by atoms with Gasteiger partial charge in [-0.3, -0.25) is 0 Å². The summed E-state index contributed by atoms with van der Waals surface area (Å²) in [5.41, 5.74) is 7.49. The summed E-state index contributed by atoms with van der Waals surface area (Å²) in [7, 11) is 0. The lowest BCUT2D eigenvalue weighted by Crippen LogP contribution is -2.24. The molecule has 3 N–H and O–H groups in total. The predicted molar refractivity (Wildman–Crippen MR) is 67.1 cm³/mol. The molecule has 2 amide bonds. The molecule has 0 aliphatic heterocycles. The zero-order chi connectivity index (χ0) is 13.4. The summed E-state index contributed by atoms with van der Waals surface area (Å²) in [5, 5.41) is 3.61.